The minimum absolute atomic E-state index is 0.00157. The second-order valence-corrected chi connectivity index (χ2v) is 7.40. The summed E-state index contributed by atoms with van der Waals surface area (Å²) in [6, 6.07) is 0.565. The van der Waals surface area contributed by atoms with Gasteiger partial charge in [0.15, 0.2) is 0 Å². The molecule has 4 nitrogen and oxygen atoms in total. The first-order valence-electron chi connectivity index (χ1n) is 8.13. The van der Waals surface area contributed by atoms with E-state index < -0.39 is 0 Å². The van der Waals surface area contributed by atoms with Gasteiger partial charge in [-0.05, 0) is 24.2 Å². The molecule has 0 aromatic carbocycles. The first kappa shape index (κ1) is 15.8. The molecule has 0 bridgehead atoms. The molecule has 4 heteroatoms. The molecule has 1 amide bonds. The summed E-state index contributed by atoms with van der Waals surface area (Å²) in [7, 11) is 1.75. The summed E-state index contributed by atoms with van der Waals surface area (Å²) in [4.78, 5) is 14.7. The van der Waals surface area contributed by atoms with Crippen molar-refractivity contribution in [2.24, 2.45) is 11.3 Å². The highest BCUT2D eigenvalue weighted by molar-refractivity contribution is 5.81. The Bertz CT molecular complexity index is 337. The molecule has 2 fully saturated rings. The van der Waals surface area contributed by atoms with Crippen LogP contribution in [0.1, 0.15) is 46.5 Å². The molecule has 116 valence electrons. The lowest BCUT2D eigenvalue weighted by atomic mass is 9.68. The summed E-state index contributed by atoms with van der Waals surface area (Å²) in [6.45, 7) is 9.84. The number of carbonyl (C=O) groups is 1. The Morgan fingerprint density at radius 3 is 2.60 bits per heavy atom. The number of piperazine rings is 1. The first-order chi connectivity index (χ1) is 9.45. The Balaban J connectivity index is 2.18. The number of hydrogen-bond acceptors (Lipinski definition) is 3. The fourth-order valence-electron chi connectivity index (χ4n) is 4.05. The molecular weight excluding hydrogens is 250 g/mol. The minimum Gasteiger partial charge on any atom is -0.358 e. The monoisotopic (exact) mass is 281 g/mol. The fourth-order valence-corrected chi connectivity index (χ4v) is 4.05. The lowest BCUT2D eigenvalue weighted by Crippen LogP contribution is -2.63. The third-order valence-corrected chi connectivity index (χ3v) is 5.10. The third kappa shape index (κ3) is 3.34. The molecule has 0 spiro atoms. The summed E-state index contributed by atoms with van der Waals surface area (Å²) >= 11 is 0. The van der Waals surface area contributed by atoms with Gasteiger partial charge in [0.25, 0.3) is 0 Å². The smallest absolute Gasteiger partial charge is 0.238 e. The van der Waals surface area contributed by atoms with Gasteiger partial charge in [0, 0.05) is 32.7 Å². The van der Waals surface area contributed by atoms with Crippen LogP contribution in [0.5, 0.6) is 0 Å². The van der Waals surface area contributed by atoms with Crippen LogP contribution in [0.2, 0.25) is 0 Å². The summed E-state index contributed by atoms with van der Waals surface area (Å²) in [5.41, 5.74) is 0.323. The molecule has 20 heavy (non-hydrogen) atoms. The molecule has 1 saturated carbocycles. The highest BCUT2D eigenvalue weighted by Gasteiger charge is 2.41. The molecule has 1 aliphatic heterocycles. The van der Waals surface area contributed by atoms with Crippen molar-refractivity contribution in [3.05, 3.63) is 0 Å². The molecule has 1 aliphatic carbocycles. The van der Waals surface area contributed by atoms with Crippen LogP contribution >= 0.6 is 0 Å². The molecule has 2 aliphatic rings. The molecular formula is C16H31N3O. The van der Waals surface area contributed by atoms with Crippen LogP contribution in [-0.4, -0.2) is 49.6 Å². The standard InChI is InChI=1S/C16H31N3O/c1-16(2,3)12-7-5-6-8-13(12)19-10-9-18-11-14(19)15(20)17-4/h12-14,18H,5-11H2,1-4H3,(H,17,20). The van der Waals surface area contributed by atoms with Gasteiger partial charge in [-0.25, -0.2) is 0 Å². The Hall–Kier alpha value is -0.610. The summed E-state index contributed by atoms with van der Waals surface area (Å²) in [5.74, 6) is 0.858. The highest BCUT2D eigenvalue weighted by atomic mass is 16.2. The number of carbonyl (C=O) groups excluding carboxylic acids is 1. The zero-order valence-electron chi connectivity index (χ0n) is 13.5. The number of likely N-dealkylation sites (N-methyl/N-ethyl adjacent to an activating group) is 1. The maximum Gasteiger partial charge on any atom is 0.238 e. The zero-order chi connectivity index (χ0) is 14.8. The van der Waals surface area contributed by atoms with E-state index in [1.807, 2.05) is 0 Å². The van der Waals surface area contributed by atoms with Crippen LogP contribution in [0.3, 0.4) is 0 Å². The van der Waals surface area contributed by atoms with E-state index in [0.717, 1.165) is 19.6 Å². The van der Waals surface area contributed by atoms with E-state index in [2.05, 4.69) is 36.3 Å². The molecule has 0 aromatic heterocycles. The Morgan fingerprint density at radius 2 is 1.95 bits per heavy atom. The SMILES string of the molecule is CNC(=O)C1CNCCN1C1CCCCC1C(C)(C)C. The first-order valence-corrected chi connectivity index (χ1v) is 8.13. The van der Waals surface area contributed by atoms with E-state index in [1.54, 1.807) is 7.05 Å². The van der Waals surface area contributed by atoms with Gasteiger partial charge in [0.2, 0.25) is 5.91 Å². The molecule has 3 atom stereocenters. The van der Waals surface area contributed by atoms with E-state index in [4.69, 9.17) is 0 Å². The number of nitrogens with zero attached hydrogens (tertiary/aromatic N) is 1. The van der Waals surface area contributed by atoms with Crippen LogP contribution in [0, 0.1) is 11.3 Å². The average Bonchev–Trinajstić information content (AvgIpc) is 2.45. The van der Waals surface area contributed by atoms with Gasteiger partial charge < -0.3 is 10.6 Å². The van der Waals surface area contributed by atoms with Crippen molar-refractivity contribution < 1.29 is 4.79 Å². The quantitative estimate of drug-likeness (QED) is 0.808. The second-order valence-electron chi connectivity index (χ2n) is 7.40. The summed E-state index contributed by atoms with van der Waals surface area (Å²) < 4.78 is 0. The molecule has 0 aromatic rings. The third-order valence-electron chi connectivity index (χ3n) is 5.10. The van der Waals surface area contributed by atoms with Gasteiger partial charge in [-0.1, -0.05) is 33.6 Å². The maximum atomic E-state index is 12.2. The van der Waals surface area contributed by atoms with Crippen LogP contribution in [-0.2, 0) is 4.79 Å². The van der Waals surface area contributed by atoms with Gasteiger partial charge in [0.05, 0.1) is 0 Å². The normalized spacial score (nSPS) is 32.9. The van der Waals surface area contributed by atoms with Crippen LogP contribution in [0.25, 0.3) is 0 Å². The van der Waals surface area contributed by atoms with Crippen molar-refractivity contribution in [2.45, 2.75) is 58.5 Å². The van der Waals surface area contributed by atoms with Crippen molar-refractivity contribution in [1.82, 2.24) is 15.5 Å². The predicted molar refractivity (Wildman–Crippen MR) is 82.6 cm³/mol. The van der Waals surface area contributed by atoms with Crippen molar-refractivity contribution in [3.63, 3.8) is 0 Å². The van der Waals surface area contributed by atoms with E-state index in [9.17, 15) is 4.79 Å². The number of amides is 1. The van der Waals surface area contributed by atoms with E-state index in [-0.39, 0.29) is 11.9 Å². The summed E-state index contributed by atoms with van der Waals surface area (Å²) in [6.07, 6.45) is 5.20. The summed E-state index contributed by atoms with van der Waals surface area (Å²) in [5, 5.41) is 6.21. The van der Waals surface area contributed by atoms with Gasteiger partial charge in [-0.3, -0.25) is 9.69 Å². The van der Waals surface area contributed by atoms with Gasteiger partial charge in [-0.2, -0.15) is 0 Å². The van der Waals surface area contributed by atoms with E-state index in [0.29, 0.717) is 17.4 Å². The molecule has 0 radical (unpaired) electrons. The fraction of sp³-hybridized carbons (Fsp3) is 0.938. The maximum absolute atomic E-state index is 12.2. The Kier molecular flexibility index (Phi) is 5.08. The van der Waals surface area contributed by atoms with E-state index in [1.165, 1.54) is 25.7 Å². The lowest BCUT2D eigenvalue weighted by Gasteiger charge is -2.49. The molecule has 1 heterocycles. The Morgan fingerprint density at radius 1 is 1.25 bits per heavy atom. The van der Waals surface area contributed by atoms with Crippen LogP contribution in [0.4, 0.5) is 0 Å². The minimum atomic E-state index is 0.00157. The lowest BCUT2D eigenvalue weighted by molar-refractivity contribution is -0.129. The molecule has 3 unspecified atom stereocenters. The largest absolute Gasteiger partial charge is 0.358 e. The average molecular weight is 281 g/mol. The Labute approximate surface area is 123 Å². The molecule has 2 N–H and O–H groups in total. The topological polar surface area (TPSA) is 44.4 Å². The van der Waals surface area contributed by atoms with Crippen LogP contribution in [0.15, 0.2) is 0 Å². The van der Waals surface area contributed by atoms with Gasteiger partial charge in [0.1, 0.15) is 6.04 Å². The second kappa shape index (κ2) is 6.44. The van der Waals surface area contributed by atoms with Crippen LogP contribution < -0.4 is 10.6 Å². The van der Waals surface area contributed by atoms with Gasteiger partial charge >= 0.3 is 0 Å². The number of hydrogen-bond donors (Lipinski definition) is 2. The molecule has 1 saturated heterocycles. The number of nitrogens with one attached hydrogen (secondary N) is 2. The van der Waals surface area contributed by atoms with Crippen molar-refractivity contribution in [2.75, 3.05) is 26.7 Å². The predicted octanol–water partition coefficient (Wildman–Crippen LogP) is 1.61. The van der Waals surface area contributed by atoms with Crippen molar-refractivity contribution >= 4 is 5.91 Å². The highest BCUT2D eigenvalue weighted by Crippen LogP contribution is 2.41. The molecule has 2 rings (SSSR count). The van der Waals surface area contributed by atoms with E-state index >= 15 is 0 Å². The van der Waals surface area contributed by atoms with Crippen molar-refractivity contribution in [3.8, 4) is 0 Å². The zero-order valence-corrected chi connectivity index (χ0v) is 13.5. The van der Waals surface area contributed by atoms with Gasteiger partial charge in [-0.15, -0.1) is 0 Å². The van der Waals surface area contributed by atoms with Crippen molar-refractivity contribution in [1.29, 1.82) is 0 Å². The number of rotatable bonds is 2.